The lowest BCUT2D eigenvalue weighted by Crippen LogP contribution is -2.51. The van der Waals surface area contributed by atoms with Crippen molar-refractivity contribution in [3.8, 4) is 11.5 Å². The van der Waals surface area contributed by atoms with Crippen molar-refractivity contribution in [1.29, 1.82) is 0 Å². The number of rotatable bonds is 35. The van der Waals surface area contributed by atoms with Gasteiger partial charge in [0, 0.05) is 65.9 Å². The van der Waals surface area contributed by atoms with Crippen LogP contribution in [0.2, 0.25) is 0 Å². The van der Waals surface area contributed by atoms with Crippen LogP contribution in [0.15, 0.2) is 169 Å². The van der Waals surface area contributed by atoms with Gasteiger partial charge in [-0.05, 0) is 213 Å². The second kappa shape index (κ2) is 36.1. The van der Waals surface area contributed by atoms with E-state index in [9.17, 15) is 33.3 Å². The summed E-state index contributed by atoms with van der Waals surface area (Å²) in [5, 5.41) is 15.8. The molecular weight excluding hydrogens is 1280 g/mol. The fourth-order valence-electron chi connectivity index (χ4n) is 17.5. The third kappa shape index (κ3) is 19.8. The maximum absolute atomic E-state index is 14.5. The van der Waals surface area contributed by atoms with Gasteiger partial charge in [-0.15, -0.1) is 0 Å². The Morgan fingerprint density at radius 3 is 2.00 bits per heavy atom. The molecule has 16 nitrogen and oxygen atoms in total. The summed E-state index contributed by atoms with van der Waals surface area (Å²) in [6.45, 7) is 13.8. The van der Waals surface area contributed by atoms with Crippen molar-refractivity contribution in [2.45, 2.75) is 187 Å². The smallest absolute Gasteiger partial charge is 0.497 e. The first-order valence-corrected chi connectivity index (χ1v) is 37.4. The van der Waals surface area contributed by atoms with Gasteiger partial charge in [0.05, 0.1) is 18.8 Å². The predicted molar refractivity (Wildman–Crippen MR) is 397 cm³/mol. The Hall–Kier alpha value is -8.54. The highest BCUT2D eigenvalue weighted by atomic mass is 19.1. The van der Waals surface area contributed by atoms with E-state index in [1.54, 1.807) is 49.1 Å². The molecule has 102 heavy (non-hydrogen) atoms. The fraction of sp³-hybridized carbons (Fsp3) is 0.494. The zero-order chi connectivity index (χ0) is 72.2. The molecule has 0 aromatic heterocycles. The Balaban J connectivity index is 0.728. The minimum atomic E-state index is -1.03. The molecule has 544 valence electrons. The number of hydrogen-bond acceptors (Lipinski definition) is 11. The maximum atomic E-state index is 14.5. The Labute approximate surface area is 603 Å². The van der Waals surface area contributed by atoms with E-state index in [0.717, 1.165) is 77.2 Å². The first-order valence-electron chi connectivity index (χ1n) is 37.4. The van der Waals surface area contributed by atoms with Crippen molar-refractivity contribution in [3.63, 3.8) is 0 Å². The molecule has 0 bridgehead atoms. The van der Waals surface area contributed by atoms with E-state index < -0.39 is 47.3 Å². The van der Waals surface area contributed by atoms with Gasteiger partial charge in [-0.25, -0.2) is 9.18 Å². The molecule has 3 fully saturated rings. The number of amides is 4. The zero-order valence-electron chi connectivity index (χ0n) is 61.0. The van der Waals surface area contributed by atoms with Crippen LogP contribution in [0.1, 0.15) is 178 Å². The molecule has 0 unspecified atom stereocenters. The van der Waals surface area contributed by atoms with Crippen molar-refractivity contribution >= 4 is 41.2 Å². The Kier molecular flexibility index (Phi) is 26.9. The second-order valence-corrected chi connectivity index (χ2v) is 30.1. The van der Waals surface area contributed by atoms with Crippen molar-refractivity contribution in [3.05, 3.63) is 208 Å². The van der Waals surface area contributed by atoms with Gasteiger partial charge in [-0.1, -0.05) is 163 Å². The van der Waals surface area contributed by atoms with Gasteiger partial charge in [-0.3, -0.25) is 24.5 Å². The number of carbonyl (C=O) groups excluding carboxylic acids is 5. The number of nitrogens with zero attached hydrogens (tertiary/aromatic N) is 1. The molecule has 4 aliphatic carbocycles. The predicted octanol–water partition coefficient (Wildman–Crippen LogP) is 16.6. The normalized spacial score (nSPS) is 21.5. The van der Waals surface area contributed by atoms with Gasteiger partial charge in [0.1, 0.15) is 30.0 Å². The minimum Gasteiger partial charge on any atom is -0.497 e. The largest absolute Gasteiger partial charge is 0.514 e. The standard InChI is InChI=1S/C85H107FN6O10/c1-58(2)18-16-19-59(3)74-43-44-75-73-42-31-65-55-72(47-49-83(65,4)76(73)48-50-84(74,75)5)100-53-17-51-87-78(93)45-46-79(94)89-68(54-60-25-32-66(86)33-26-60)56-80(95)91-77(81(96)90-67-34-27-61(28-35-67)57-101-82(97)102-71-40-36-69(37-41-71)92(6)98)24-14-15-52-88-85(62-20-10-8-11-21-62,63-22-12-9-13-23-63)64-29-38-70(99-7)39-30-64/h8-13,20-23,25-41,58-59,68,72-77,88H,14-19,24,42-57H2,1-7H3,(H3-,87,89,90,91,93,94,95,96)/p+1/t59-,68+,72+,73+,74-,75+,76+,77+,83+,84-/m1/s1. The first kappa shape index (κ1) is 76.1. The van der Waals surface area contributed by atoms with Crippen LogP contribution >= 0.6 is 0 Å². The van der Waals surface area contributed by atoms with Crippen LogP contribution in [-0.4, -0.2) is 86.6 Å². The molecule has 6 aromatic carbocycles. The minimum absolute atomic E-state index is 0.0639. The van der Waals surface area contributed by atoms with Crippen LogP contribution in [0.3, 0.4) is 0 Å². The van der Waals surface area contributed by atoms with Crippen LogP contribution in [0, 0.1) is 57.1 Å². The molecule has 0 saturated heterocycles. The Bertz CT molecular complexity index is 3720. The highest BCUT2D eigenvalue weighted by Gasteiger charge is 2.59. The molecule has 0 radical (unpaired) electrons. The summed E-state index contributed by atoms with van der Waals surface area (Å²) in [4.78, 5) is 80.1. The molecule has 0 heterocycles. The van der Waals surface area contributed by atoms with E-state index in [0.29, 0.717) is 71.6 Å². The van der Waals surface area contributed by atoms with Crippen molar-refractivity contribution in [1.82, 2.24) is 21.3 Å². The van der Waals surface area contributed by atoms with Gasteiger partial charge < -0.3 is 40.2 Å². The molecular formula is C85H108FN6O10+. The summed E-state index contributed by atoms with van der Waals surface area (Å²) in [6, 6.07) is 45.2. The van der Waals surface area contributed by atoms with Gasteiger partial charge >= 0.3 is 6.16 Å². The van der Waals surface area contributed by atoms with Crippen LogP contribution in [0.4, 0.5) is 20.6 Å². The van der Waals surface area contributed by atoms with Crippen molar-refractivity contribution < 1.29 is 52.1 Å². The SMILES string of the molecule is COc1ccc(C(NCCCC[C@H](NC(=O)C[C@H](Cc2ccc(F)cc2)NC(=O)CCC(=O)NCCCO[C@H]2CC[C@@]3(C)C(=CC[C@H]4[C@@H]5CC[C@H]([C@H](C)CCCC(C)C)[C@@]5(C)CC[C@@H]43)C2)C(=O)Nc2ccc(COC(=O)Oc3ccc([N+](C)=O)cc3)cc2)(c2ccccc2)c2ccccc2)cc1. The number of anilines is 1. The van der Waals surface area contributed by atoms with E-state index in [1.165, 1.54) is 94.8 Å². The number of benzene rings is 6. The summed E-state index contributed by atoms with van der Waals surface area (Å²) >= 11 is 0. The van der Waals surface area contributed by atoms with Gasteiger partial charge in [-0.2, -0.15) is 0 Å². The third-order valence-corrected chi connectivity index (χ3v) is 22.9. The lowest BCUT2D eigenvalue weighted by atomic mass is 9.47. The number of fused-ring (bicyclic) bond motifs is 5. The summed E-state index contributed by atoms with van der Waals surface area (Å²) < 4.78 is 37.6. The maximum Gasteiger partial charge on any atom is 0.514 e. The van der Waals surface area contributed by atoms with Crippen LogP contribution < -0.4 is 36.1 Å². The molecule has 10 rings (SSSR count). The summed E-state index contributed by atoms with van der Waals surface area (Å²) in [5.41, 5.74) is 6.70. The molecule has 17 heteroatoms. The number of halogens is 1. The number of nitrogens with one attached hydrogen (secondary N) is 5. The van der Waals surface area contributed by atoms with E-state index in [4.69, 9.17) is 18.9 Å². The molecule has 0 spiro atoms. The van der Waals surface area contributed by atoms with Gasteiger partial charge in [0.15, 0.2) is 7.05 Å². The number of methoxy groups -OCH3 is 1. The average molecular weight is 1390 g/mol. The Morgan fingerprint density at radius 2 is 1.32 bits per heavy atom. The number of nitroso groups, excluding NO2 is 1. The fourth-order valence-corrected chi connectivity index (χ4v) is 17.5. The van der Waals surface area contributed by atoms with Crippen molar-refractivity contribution in [2.75, 3.05) is 39.2 Å². The monoisotopic (exact) mass is 1390 g/mol. The Morgan fingerprint density at radius 1 is 0.657 bits per heavy atom. The molecule has 4 aliphatic rings. The van der Waals surface area contributed by atoms with E-state index in [2.05, 4.69) is 104 Å². The molecule has 10 atom stereocenters. The topological polar surface area (TPSA) is 202 Å². The summed E-state index contributed by atoms with van der Waals surface area (Å²) in [5.74, 6) is 3.63. The van der Waals surface area contributed by atoms with Gasteiger partial charge in [0.2, 0.25) is 23.6 Å². The highest BCUT2D eigenvalue weighted by molar-refractivity contribution is 5.97. The number of allylic oxidation sites excluding steroid dienone is 1. The summed E-state index contributed by atoms with van der Waals surface area (Å²) in [6.07, 6.45) is 17.6. The molecule has 5 N–H and O–H groups in total. The molecule has 3 saturated carbocycles. The zero-order valence-corrected chi connectivity index (χ0v) is 61.0. The number of hydrogen-bond donors (Lipinski definition) is 5. The lowest BCUT2D eigenvalue weighted by Gasteiger charge is -2.58. The van der Waals surface area contributed by atoms with Crippen LogP contribution in [0.25, 0.3) is 0 Å². The lowest BCUT2D eigenvalue weighted by molar-refractivity contribution is -0.428. The second-order valence-electron chi connectivity index (χ2n) is 30.1. The van der Waals surface area contributed by atoms with Crippen LogP contribution in [0.5, 0.6) is 11.5 Å². The third-order valence-electron chi connectivity index (χ3n) is 22.9. The molecule has 4 amide bonds. The summed E-state index contributed by atoms with van der Waals surface area (Å²) in [7, 11) is 3.00. The van der Waals surface area contributed by atoms with Gasteiger partial charge in [0.25, 0.3) is 5.69 Å². The highest BCUT2D eigenvalue weighted by Crippen LogP contribution is 2.67. The molecule has 0 aliphatic heterocycles. The average Bonchev–Trinajstić information content (AvgIpc) is 1.40. The van der Waals surface area contributed by atoms with E-state index in [-0.39, 0.29) is 61.9 Å². The van der Waals surface area contributed by atoms with Crippen LogP contribution in [-0.2, 0) is 47.2 Å². The quantitative estimate of drug-likeness (QED) is 0.00633. The first-order chi connectivity index (χ1) is 49.2. The number of unbranched alkanes of at least 4 members (excludes halogenated alkanes) is 1. The van der Waals surface area contributed by atoms with E-state index in [1.807, 2.05) is 48.5 Å². The number of ether oxygens (including phenoxy) is 4. The number of carbonyl (C=O) groups is 5. The van der Waals surface area contributed by atoms with E-state index >= 15 is 0 Å². The molecule has 6 aromatic rings. The van der Waals surface area contributed by atoms with Crippen molar-refractivity contribution in [2.24, 2.45) is 46.3 Å².